The molecule has 0 fully saturated rings. The first-order chi connectivity index (χ1) is 10.0. The number of nitrogens with zero attached hydrogens (tertiary/aromatic N) is 2. The van der Waals surface area contributed by atoms with Crippen LogP contribution in [0.2, 0.25) is 0 Å². The highest BCUT2D eigenvalue weighted by Crippen LogP contribution is 2.32. The quantitative estimate of drug-likeness (QED) is 0.917. The molecule has 0 aromatic heterocycles. The van der Waals surface area contributed by atoms with Crippen LogP contribution in [-0.2, 0) is 0 Å². The van der Waals surface area contributed by atoms with E-state index in [0.717, 1.165) is 15.7 Å². The fourth-order valence-electron chi connectivity index (χ4n) is 2.51. The smallest absolute Gasteiger partial charge is 0.0992 e. The number of hydrogen-bond acceptors (Lipinski definition) is 3. The van der Waals surface area contributed by atoms with Gasteiger partial charge < -0.3 is 10.6 Å². The van der Waals surface area contributed by atoms with Gasteiger partial charge in [-0.25, -0.2) is 0 Å². The number of nitrogens with two attached hydrogens (primary N) is 1. The predicted molar refractivity (Wildman–Crippen MR) is 90.1 cm³/mol. The summed E-state index contributed by atoms with van der Waals surface area (Å²) < 4.78 is 1.04. The maximum atomic E-state index is 9.05. The Bertz CT molecular complexity index is 661. The van der Waals surface area contributed by atoms with Crippen molar-refractivity contribution in [2.45, 2.75) is 19.0 Å². The van der Waals surface area contributed by atoms with Gasteiger partial charge in [0.1, 0.15) is 0 Å². The minimum Gasteiger partial charge on any atom is -0.366 e. The molecule has 3 nitrogen and oxygen atoms in total. The molecule has 0 bridgehead atoms. The van der Waals surface area contributed by atoms with E-state index in [1.807, 2.05) is 50.4 Å². The van der Waals surface area contributed by atoms with Gasteiger partial charge in [-0.1, -0.05) is 40.2 Å². The standard InChI is InChI=1S/C17H18BrN3/c1-12(20)17(15-8-3-4-9-16(15)18)21(2)14-7-5-6-13(10-14)11-19/h3-10,12,17H,20H2,1-2H3. The monoisotopic (exact) mass is 343 g/mol. The Morgan fingerprint density at radius 2 is 1.90 bits per heavy atom. The molecule has 2 N–H and O–H groups in total. The van der Waals surface area contributed by atoms with Gasteiger partial charge in [0, 0.05) is 23.2 Å². The van der Waals surface area contributed by atoms with Crippen LogP contribution < -0.4 is 10.6 Å². The van der Waals surface area contributed by atoms with Crippen molar-refractivity contribution in [2.75, 3.05) is 11.9 Å². The molecule has 4 heteroatoms. The van der Waals surface area contributed by atoms with Gasteiger partial charge in [0.15, 0.2) is 0 Å². The fourth-order valence-corrected chi connectivity index (χ4v) is 3.03. The molecule has 2 aromatic rings. The number of anilines is 1. The Balaban J connectivity index is 2.43. The molecule has 0 saturated heterocycles. The van der Waals surface area contributed by atoms with Gasteiger partial charge in [-0.2, -0.15) is 5.26 Å². The summed E-state index contributed by atoms with van der Waals surface area (Å²) in [6.07, 6.45) is 0. The summed E-state index contributed by atoms with van der Waals surface area (Å²) in [6.45, 7) is 1.99. The molecule has 0 aliphatic carbocycles. The Hall–Kier alpha value is -1.83. The first-order valence-corrected chi connectivity index (χ1v) is 7.57. The predicted octanol–water partition coefficient (Wildman–Crippen LogP) is 3.85. The Morgan fingerprint density at radius 3 is 2.52 bits per heavy atom. The molecule has 0 saturated carbocycles. The Kier molecular flexibility index (Phi) is 5.00. The van der Waals surface area contributed by atoms with Crippen LogP contribution in [0.1, 0.15) is 24.1 Å². The van der Waals surface area contributed by atoms with Gasteiger partial charge in [-0.15, -0.1) is 0 Å². The van der Waals surface area contributed by atoms with Crippen molar-refractivity contribution in [3.63, 3.8) is 0 Å². The van der Waals surface area contributed by atoms with Crippen molar-refractivity contribution in [2.24, 2.45) is 5.73 Å². The molecule has 0 aliphatic heterocycles. The van der Waals surface area contributed by atoms with Gasteiger partial charge in [-0.3, -0.25) is 0 Å². The van der Waals surface area contributed by atoms with E-state index < -0.39 is 0 Å². The summed E-state index contributed by atoms with van der Waals surface area (Å²) >= 11 is 3.60. The Morgan fingerprint density at radius 1 is 1.19 bits per heavy atom. The number of nitriles is 1. The van der Waals surface area contributed by atoms with Gasteiger partial charge >= 0.3 is 0 Å². The van der Waals surface area contributed by atoms with Crippen LogP contribution in [0.4, 0.5) is 5.69 Å². The van der Waals surface area contributed by atoms with Crippen molar-refractivity contribution >= 4 is 21.6 Å². The zero-order valence-corrected chi connectivity index (χ0v) is 13.7. The average molecular weight is 344 g/mol. The highest BCUT2D eigenvalue weighted by molar-refractivity contribution is 9.10. The molecule has 0 amide bonds. The van der Waals surface area contributed by atoms with E-state index in [-0.39, 0.29) is 12.1 Å². The van der Waals surface area contributed by atoms with Crippen molar-refractivity contribution in [1.82, 2.24) is 0 Å². The lowest BCUT2D eigenvalue weighted by Crippen LogP contribution is -2.37. The molecule has 2 unspecified atom stereocenters. The van der Waals surface area contributed by atoms with E-state index in [1.165, 1.54) is 0 Å². The lowest BCUT2D eigenvalue weighted by Gasteiger charge is -2.34. The molecule has 0 heterocycles. The number of benzene rings is 2. The van der Waals surface area contributed by atoms with Crippen LogP contribution in [0, 0.1) is 11.3 Å². The molecule has 0 aliphatic rings. The van der Waals surface area contributed by atoms with E-state index in [9.17, 15) is 0 Å². The van der Waals surface area contributed by atoms with Gasteiger partial charge in [0.2, 0.25) is 0 Å². The van der Waals surface area contributed by atoms with E-state index >= 15 is 0 Å². The summed E-state index contributed by atoms with van der Waals surface area (Å²) in [4.78, 5) is 2.12. The van der Waals surface area contributed by atoms with Gasteiger partial charge in [0.25, 0.3) is 0 Å². The van der Waals surface area contributed by atoms with Crippen LogP contribution in [0.3, 0.4) is 0 Å². The SMILES string of the molecule is CC(N)C(c1ccccc1Br)N(C)c1cccc(C#N)c1. The summed E-state index contributed by atoms with van der Waals surface area (Å²) in [5, 5.41) is 9.05. The van der Waals surface area contributed by atoms with Crippen molar-refractivity contribution in [3.05, 3.63) is 64.1 Å². The van der Waals surface area contributed by atoms with Crippen LogP contribution in [0.15, 0.2) is 53.0 Å². The molecule has 108 valence electrons. The molecule has 0 radical (unpaired) electrons. The largest absolute Gasteiger partial charge is 0.366 e. The highest BCUT2D eigenvalue weighted by atomic mass is 79.9. The van der Waals surface area contributed by atoms with Crippen LogP contribution in [-0.4, -0.2) is 13.1 Å². The van der Waals surface area contributed by atoms with E-state index in [1.54, 1.807) is 6.07 Å². The third-order valence-electron chi connectivity index (χ3n) is 3.52. The zero-order valence-electron chi connectivity index (χ0n) is 12.1. The number of rotatable bonds is 4. The Labute approximate surface area is 134 Å². The third kappa shape index (κ3) is 3.44. The highest BCUT2D eigenvalue weighted by Gasteiger charge is 2.23. The third-order valence-corrected chi connectivity index (χ3v) is 4.24. The topological polar surface area (TPSA) is 53.0 Å². The maximum Gasteiger partial charge on any atom is 0.0992 e. The molecule has 2 aromatic carbocycles. The molecule has 2 atom stereocenters. The fraction of sp³-hybridized carbons (Fsp3) is 0.235. The lowest BCUT2D eigenvalue weighted by molar-refractivity contribution is 0.557. The minimum absolute atomic E-state index is 0.0227. The maximum absolute atomic E-state index is 9.05. The number of likely N-dealkylation sites (N-methyl/N-ethyl adjacent to an activating group) is 1. The summed E-state index contributed by atoms with van der Waals surface area (Å²) in [7, 11) is 2.00. The first kappa shape index (κ1) is 15.6. The molecule has 0 spiro atoms. The van der Waals surface area contributed by atoms with Crippen LogP contribution >= 0.6 is 15.9 Å². The van der Waals surface area contributed by atoms with Gasteiger partial charge in [-0.05, 0) is 36.8 Å². The summed E-state index contributed by atoms with van der Waals surface area (Å²) in [5.41, 5.74) is 8.98. The van der Waals surface area contributed by atoms with Crippen LogP contribution in [0.25, 0.3) is 0 Å². The first-order valence-electron chi connectivity index (χ1n) is 6.77. The summed E-state index contributed by atoms with van der Waals surface area (Å²) in [5.74, 6) is 0. The molecule has 2 rings (SSSR count). The van der Waals surface area contributed by atoms with Gasteiger partial charge in [0.05, 0.1) is 17.7 Å². The second-order valence-corrected chi connectivity index (χ2v) is 5.95. The number of halogens is 1. The van der Waals surface area contributed by atoms with Crippen molar-refractivity contribution in [3.8, 4) is 6.07 Å². The second kappa shape index (κ2) is 6.75. The van der Waals surface area contributed by atoms with E-state index in [0.29, 0.717) is 5.56 Å². The van der Waals surface area contributed by atoms with E-state index in [4.69, 9.17) is 11.0 Å². The molecular formula is C17H18BrN3. The normalized spacial score (nSPS) is 13.3. The molecular weight excluding hydrogens is 326 g/mol. The van der Waals surface area contributed by atoms with Crippen molar-refractivity contribution < 1.29 is 0 Å². The lowest BCUT2D eigenvalue weighted by atomic mass is 9.99. The zero-order chi connectivity index (χ0) is 15.4. The number of hydrogen-bond donors (Lipinski definition) is 1. The molecule has 21 heavy (non-hydrogen) atoms. The van der Waals surface area contributed by atoms with Crippen LogP contribution in [0.5, 0.6) is 0 Å². The minimum atomic E-state index is -0.0561. The van der Waals surface area contributed by atoms with E-state index in [2.05, 4.69) is 33.0 Å². The second-order valence-electron chi connectivity index (χ2n) is 5.10. The summed E-state index contributed by atoms with van der Waals surface area (Å²) in [6, 6.07) is 17.8. The average Bonchev–Trinajstić information content (AvgIpc) is 2.49. The van der Waals surface area contributed by atoms with Crippen molar-refractivity contribution in [1.29, 1.82) is 5.26 Å².